The van der Waals surface area contributed by atoms with E-state index in [1.165, 1.54) is 5.56 Å². The maximum Gasteiger partial charge on any atom is 0.219 e. The topological polar surface area (TPSA) is 34.1 Å². The van der Waals surface area contributed by atoms with Crippen LogP contribution in [0, 0.1) is 12.8 Å². The fraction of sp³-hybridized carbons (Fsp3) is 0.353. The molecule has 0 saturated carbocycles. The van der Waals surface area contributed by atoms with E-state index in [2.05, 4.69) is 30.2 Å². The van der Waals surface area contributed by atoms with Gasteiger partial charge in [-0.1, -0.05) is 32.0 Å². The maximum atomic E-state index is 5.79. The van der Waals surface area contributed by atoms with Crippen LogP contribution in [0.4, 0.5) is 0 Å². The first-order valence-corrected chi connectivity index (χ1v) is 7.04. The van der Waals surface area contributed by atoms with Crippen molar-refractivity contribution in [3.63, 3.8) is 0 Å². The Balaban J connectivity index is 2.04. The number of para-hydroxylation sites is 1. The van der Waals surface area contributed by atoms with Gasteiger partial charge in [-0.15, -0.1) is 0 Å². The van der Waals surface area contributed by atoms with Gasteiger partial charge in [0.15, 0.2) is 0 Å². The second-order valence-corrected chi connectivity index (χ2v) is 5.39. The summed E-state index contributed by atoms with van der Waals surface area (Å²) in [6.07, 6.45) is 0. The molecule has 3 nitrogen and oxygen atoms in total. The van der Waals surface area contributed by atoms with Crippen molar-refractivity contribution in [3.05, 3.63) is 53.7 Å². The molecule has 0 atom stereocenters. The second kappa shape index (κ2) is 7.06. The van der Waals surface area contributed by atoms with Crippen molar-refractivity contribution in [2.75, 3.05) is 6.54 Å². The summed E-state index contributed by atoms with van der Waals surface area (Å²) in [6, 6.07) is 13.8. The van der Waals surface area contributed by atoms with E-state index in [0.717, 1.165) is 24.5 Å². The normalized spacial score (nSPS) is 10.8. The van der Waals surface area contributed by atoms with Gasteiger partial charge in [-0.25, -0.2) is 4.98 Å². The van der Waals surface area contributed by atoms with Crippen LogP contribution in [-0.2, 0) is 6.54 Å². The summed E-state index contributed by atoms with van der Waals surface area (Å²) in [6.45, 7) is 8.25. The molecule has 0 amide bonds. The zero-order valence-corrected chi connectivity index (χ0v) is 12.4. The summed E-state index contributed by atoms with van der Waals surface area (Å²) >= 11 is 0. The molecule has 2 rings (SSSR count). The van der Waals surface area contributed by atoms with Crippen molar-refractivity contribution in [1.29, 1.82) is 0 Å². The summed E-state index contributed by atoms with van der Waals surface area (Å²) in [4.78, 5) is 4.42. The van der Waals surface area contributed by atoms with Crippen LogP contribution in [0.5, 0.6) is 11.6 Å². The lowest BCUT2D eigenvalue weighted by Gasteiger charge is -2.10. The van der Waals surface area contributed by atoms with Crippen molar-refractivity contribution >= 4 is 0 Å². The third kappa shape index (κ3) is 4.67. The summed E-state index contributed by atoms with van der Waals surface area (Å²) < 4.78 is 5.79. The number of rotatable bonds is 6. The molecule has 2 aromatic rings. The quantitative estimate of drug-likeness (QED) is 0.863. The van der Waals surface area contributed by atoms with E-state index in [0.29, 0.717) is 11.8 Å². The van der Waals surface area contributed by atoms with Gasteiger partial charge in [0.25, 0.3) is 0 Å². The van der Waals surface area contributed by atoms with Gasteiger partial charge in [0.1, 0.15) is 5.75 Å². The van der Waals surface area contributed by atoms with E-state index in [4.69, 9.17) is 4.74 Å². The van der Waals surface area contributed by atoms with Gasteiger partial charge in [0.05, 0.1) is 0 Å². The first kappa shape index (κ1) is 14.5. The molecule has 0 unspecified atom stereocenters. The summed E-state index contributed by atoms with van der Waals surface area (Å²) in [5, 5.41) is 3.44. The van der Waals surface area contributed by atoms with Crippen molar-refractivity contribution < 1.29 is 4.74 Å². The molecule has 1 aromatic heterocycles. The molecule has 0 saturated heterocycles. The molecule has 1 heterocycles. The first-order chi connectivity index (χ1) is 9.63. The van der Waals surface area contributed by atoms with Gasteiger partial charge in [-0.3, -0.25) is 0 Å². The molecule has 0 aliphatic heterocycles. The van der Waals surface area contributed by atoms with Crippen LogP contribution in [0.3, 0.4) is 0 Å². The number of nitrogens with one attached hydrogen (secondary N) is 1. The van der Waals surface area contributed by atoms with Crippen LogP contribution in [0.2, 0.25) is 0 Å². The number of nitrogens with zero attached hydrogens (tertiary/aromatic N) is 1. The van der Waals surface area contributed by atoms with E-state index >= 15 is 0 Å². The molecule has 0 bridgehead atoms. The highest BCUT2D eigenvalue weighted by Crippen LogP contribution is 2.20. The van der Waals surface area contributed by atoms with Gasteiger partial charge in [0.2, 0.25) is 5.88 Å². The van der Waals surface area contributed by atoms with E-state index in [1.54, 1.807) is 0 Å². The highest BCUT2D eigenvalue weighted by molar-refractivity contribution is 5.30. The average molecular weight is 270 g/mol. The fourth-order valence-electron chi connectivity index (χ4n) is 1.98. The second-order valence-electron chi connectivity index (χ2n) is 5.39. The summed E-state index contributed by atoms with van der Waals surface area (Å²) in [5.41, 5.74) is 2.17. The van der Waals surface area contributed by atoms with Gasteiger partial charge in [-0.05, 0) is 43.1 Å². The van der Waals surface area contributed by atoms with Crippen molar-refractivity contribution in [3.8, 4) is 11.6 Å². The molecular weight excluding hydrogens is 248 g/mol. The summed E-state index contributed by atoms with van der Waals surface area (Å²) in [7, 11) is 0. The van der Waals surface area contributed by atoms with Crippen LogP contribution in [0.1, 0.15) is 25.1 Å². The van der Waals surface area contributed by atoms with E-state index in [1.807, 2.05) is 43.3 Å². The number of aryl methyl sites for hydroxylation is 1. The van der Waals surface area contributed by atoms with Crippen LogP contribution in [0.25, 0.3) is 0 Å². The lowest BCUT2D eigenvalue weighted by Crippen LogP contribution is -2.19. The molecule has 0 aliphatic rings. The molecular formula is C17H22N2O. The standard InChI is InChI=1S/C17H22N2O/c1-13(2)11-18-12-15-9-14(3)19-17(10-15)20-16-7-5-4-6-8-16/h4-10,13,18H,11-12H2,1-3H3. The Morgan fingerprint density at radius 1 is 1.15 bits per heavy atom. The molecule has 3 heteroatoms. The zero-order valence-electron chi connectivity index (χ0n) is 12.4. The fourth-order valence-corrected chi connectivity index (χ4v) is 1.98. The molecule has 0 aliphatic carbocycles. The van der Waals surface area contributed by atoms with Gasteiger partial charge in [0, 0.05) is 18.3 Å². The van der Waals surface area contributed by atoms with Crippen molar-refractivity contribution in [1.82, 2.24) is 10.3 Å². The minimum Gasteiger partial charge on any atom is -0.439 e. The monoisotopic (exact) mass is 270 g/mol. The maximum absolute atomic E-state index is 5.79. The van der Waals surface area contributed by atoms with Crippen LogP contribution < -0.4 is 10.1 Å². The molecule has 1 N–H and O–H groups in total. The molecule has 0 fully saturated rings. The van der Waals surface area contributed by atoms with Crippen LogP contribution in [0.15, 0.2) is 42.5 Å². The SMILES string of the molecule is Cc1cc(CNCC(C)C)cc(Oc2ccccc2)n1. The smallest absolute Gasteiger partial charge is 0.219 e. The van der Waals surface area contributed by atoms with Crippen LogP contribution >= 0.6 is 0 Å². The van der Waals surface area contributed by atoms with Crippen molar-refractivity contribution in [2.45, 2.75) is 27.3 Å². The number of pyridine rings is 1. The van der Waals surface area contributed by atoms with Gasteiger partial charge in [-0.2, -0.15) is 0 Å². The lowest BCUT2D eigenvalue weighted by molar-refractivity contribution is 0.460. The number of benzene rings is 1. The summed E-state index contributed by atoms with van der Waals surface area (Å²) in [5.74, 6) is 2.11. The highest BCUT2D eigenvalue weighted by Gasteiger charge is 2.03. The minimum absolute atomic E-state index is 0.651. The third-order valence-corrected chi connectivity index (χ3v) is 2.84. The Bertz CT molecular complexity index is 538. The largest absolute Gasteiger partial charge is 0.439 e. The zero-order chi connectivity index (χ0) is 14.4. The van der Waals surface area contributed by atoms with Gasteiger partial charge >= 0.3 is 0 Å². The average Bonchev–Trinajstić information content (AvgIpc) is 2.38. The Hall–Kier alpha value is -1.87. The number of hydrogen-bond acceptors (Lipinski definition) is 3. The molecule has 20 heavy (non-hydrogen) atoms. The van der Waals surface area contributed by atoms with Crippen molar-refractivity contribution in [2.24, 2.45) is 5.92 Å². The van der Waals surface area contributed by atoms with E-state index in [9.17, 15) is 0 Å². The lowest BCUT2D eigenvalue weighted by atomic mass is 10.2. The van der Waals surface area contributed by atoms with E-state index < -0.39 is 0 Å². The molecule has 0 radical (unpaired) electrons. The van der Waals surface area contributed by atoms with Gasteiger partial charge < -0.3 is 10.1 Å². The predicted molar refractivity (Wildman–Crippen MR) is 82.0 cm³/mol. The molecule has 0 spiro atoms. The third-order valence-electron chi connectivity index (χ3n) is 2.84. The Labute approximate surface area is 121 Å². The first-order valence-electron chi connectivity index (χ1n) is 7.04. The van der Waals surface area contributed by atoms with E-state index in [-0.39, 0.29) is 0 Å². The minimum atomic E-state index is 0.651. The Morgan fingerprint density at radius 2 is 1.90 bits per heavy atom. The number of ether oxygens (including phenoxy) is 1. The molecule has 1 aromatic carbocycles. The Morgan fingerprint density at radius 3 is 2.60 bits per heavy atom. The van der Waals surface area contributed by atoms with Crippen LogP contribution in [-0.4, -0.2) is 11.5 Å². The number of hydrogen-bond donors (Lipinski definition) is 1. The number of aromatic nitrogens is 1. The highest BCUT2D eigenvalue weighted by atomic mass is 16.5. The predicted octanol–water partition coefficient (Wildman–Crippen LogP) is 3.93. The molecule has 106 valence electrons. The Kier molecular flexibility index (Phi) is 5.13.